The first kappa shape index (κ1) is 19.9. The van der Waals surface area contributed by atoms with Gasteiger partial charge in [-0.3, -0.25) is 4.79 Å². The SMILES string of the molecule is Cc1ccc(NC(=O)[C@H](C)[NH2+]C[C@@H](c2ccccc2)c2c[nH]c3ccccc23)cc1. The van der Waals surface area contributed by atoms with Crippen molar-refractivity contribution in [2.45, 2.75) is 25.8 Å². The van der Waals surface area contributed by atoms with E-state index < -0.39 is 0 Å². The second-order valence-electron chi connectivity index (χ2n) is 7.87. The molecule has 0 bridgehead atoms. The van der Waals surface area contributed by atoms with Crippen LogP contribution >= 0.6 is 0 Å². The lowest BCUT2D eigenvalue weighted by Crippen LogP contribution is -2.92. The maximum Gasteiger partial charge on any atom is 0.282 e. The number of carbonyl (C=O) groups is 1. The number of amides is 1. The zero-order valence-electron chi connectivity index (χ0n) is 17.4. The van der Waals surface area contributed by atoms with Gasteiger partial charge in [0.15, 0.2) is 6.04 Å². The number of quaternary nitrogens is 1. The van der Waals surface area contributed by atoms with Gasteiger partial charge in [-0.05, 0) is 43.2 Å². The first-order valence-corrected chi connectivity index (χ1v) is 10.4. The summed E-state index contributed by atoms with van der Waals surface area (Å²) in [6.45, 7) is 4.78. The summed E-state index contributed by atoms with van der Waals surface area (Å²) in [5.41, 5.74) is 5.67. The molecule has 1 amide bonds. The Labute approximate surface area is 177 Å². The second-order valence-corrected chi connectivity index (χ2v) is 7.87. The summed E-state index contributed by atoms with van der Waals surface area (Å²) < 4.78 is 0. The first-order chi connectivity index (χ1) is 14.6. The molecule has 0 unspecified atom stereocenters. The second kappa shape index (κ2) is 8.97. The smallest absolute Gasteiger partial charge is 0.282 e. The monoisotopic (exact) mass is 398 g/mol. The number of nitrogens with two attached hydrogens (primary N) is 1. The Kier molecular flexibility index (Phi) is 5.96. The fourth-order valence-corrected chi connectivity index (χ4v) is 3.85. The number of benzene rings is 3. The van der Waals surface area contributed by atoms with Gasteiger partial charge in [0.05, 0.1) is 12.5 Å². The van der Waals surface area contributed by atoms with Crippen molar-refractivity contribution in [2.24, 2.45) is 0 Å². The van der Waals surface area contributed by atoms with E-state index in [1.807, 2.05) is 50.2 Å². The number of H-pyrrole nitrogens is 1. The number of aromatic nitrogens is 1. The third kappa shape index (κ3) is 4.44. The van der Waals surface area contributed by atoms with E-state index in [9.17, 15) is 4.79 Å². The van der Waals surface area contributed by atoms with Crippen molar-refractivity contribution >= 4 is 22.5 Å². The summed E-state index contributed by atoms with van der Waals surface area (Å²) in [5.74, 6) is 0.210. The number of anilines is 1. The molecule has 4 rings (SSSR count). The minimum absolute atomic E-state index is 0.0181. The highest BCUT2D eigenvalue weighted by molar-refractivity contribution is 5.93. The van der Waals surface area contributed by atoms with Gasteiger partial charge in [-0.25, -0.2) is 0 Å². The van der Waals surface area contributed by atoms with E-state index in [1.54, 1.807) is 0 Å². The Bertz CT molecular complexity index is 1120. The van der Waals surface area contributed by atoms with Gasteiger partial charge in [-0.1, -0.05) is 66.2 Å². The van der Waals surface area contributed by atoms with Crippen LogP contribution in [0.4, 0.5) is 5.69 Å². The van der Waals surface area contributed by atoms with Crippen LogP contribution in [0, 0.1) is 6.92 Å². The lowest BCUT2D eigenvalue weighted by Gasteiger charge is -2.19. The lowest BCUT2D eigenvalue weighted by molar-refractivity contribution is -0.674. The van der Waals surface area contributed by atoms with Gasteiger partial charge in [0.2, 0.25) is 0 Å². The van der Waals surface area contributed by atoms with Crippen molar-refractivity contribution in [3.8, 4) is 0 Å². The van der Waals surface area contributed by atoms with Crippen LogP contribution in [0.15, 0.2) is 85.1 Å². The minimum atomic E-state index is -0.192. The molecule has 0 aliphatic carbocycles. The highest BCUT2D eigenvalue weighted by atomic mass is 16.2. The third-order valence-electron chi connectivity index (χ3n) is 5.66. The molecule has 0 saturated carbocycles. The third-order valence-corrected chi connectivity index (χ3v) is 5.66. The molecule has 30 heavy (non-hydrogen) atoms. The molecule has 0 aliphatic heterocycles. The fraction of sp³-hybridized carbons (Fsp3) is 0.192. The predicted octanol–water partition coefficient (Wildman–Crippen LogP) is 4.20. The van der Waals surface area contributed by atoms with Gasteiger partial charge in [-0.2, -0.15) is 0 Å². The van der Waals surface area contributed by atoms with Crippen molar-refractivity contribution in [3.63, 3.8) is 0 Å². The summed E-state index contributed by atoms with van der Waals surface area (Å²) in [4.78, 5) is 16.1. The van der Waals surface area contributed by atoms with Crippen LogP contribution in [-0.2, 0) is 4.79 Å². The molecule has 0 spiro atoms. The topological polar surface area (TPSA) is 61.5 Å². The standard InChI is InChI=1S/C26H27N3O/c1-18-12-14-21(15-13-18)29-26(30)19(2)27-16-23(20-8-4-3-5-9-20)24-17-28-25-11-7-6-10-22(24)25/h3-15,17,19,23,27-28H,16H2,1-2H3,(H,29,30)/p+1/t19-,23-/m0/s1. The average Bonchev–Trinajstić information content (AvgIpc) is 3.20. The van der Waals surface area contributed by atoms with Crippen LogP contribution in [-0.4, -0.2) is 23.5 Å². The lowest BCUT2D eigenvalue weighted by atomic mass is 9.90. The van der Waals surface area contributed by atoms with E-state index in [0.717, 1.165) is 17.7 Å². The molecular weight excluding hydrogens is 370 g/mol. The number of nitrogens with one attached hydrogen (secondary N) is 2. The van der Waals surface area contributed by atoms with Gasteiger partial charge in [0.25, 0.3) is 5.91 Å². The molecule has 1 aromatic heterocycles. The van der Waals surface area contributed by atoms with Crippen molar-refractivity contribution < 1.29 is 10.1 Å². The van der Waals surface area contributed by atoms with Crippen LogP contribution in [0.3, 0.4) is 0 Å². The highest BCUT2D eigenvalue weighted by Crippen LogP contribution is 2.29. The van der Waals surface area contributed by atoms with Crippen molar-refractivity contribution in [1.29, 1.82) is 0 Å². The van der Waals surface area contributed by atoms with E-state index in [4.69, 9.17) is 0 Å². The molecule has 1 heterocycles. The van der Waals surface area contributed by atoms with Crippen molar-refractivity contribution in [3.05, 3.63) is 102 Å². The number of para-hydroxylation sites is 1. The van der Waals surface area contributed by atoms with Gasteiger partial charge < -0.3 is 15.6 Å². The van der Waals surface area contributed by atoms with Crippen LogP contribution in [0.5, 0.6) is 0 Å². The summed E-state index contributed by atoms with van der Waals surface area (Å²) >= 11 is 0. The van der Waals surface area contributed by atoms with E-state index in [1.165, 1.54) is 22.1 Å². The molecule has 152 valence electrons. The normalized spacial score (nSPS) is 13.1. The molecule has 4 heteroatoms. The number of aryl methyl sites for hydroxylation is 1. The van der Waals surface area contributed by atoms with E-state index in [-0.39, 0.29) is 17.9 Å². The summed E-state index contributed by atoms with van der Waals surface area (Å²) in [7, 11) is 0. The Morgan fingerprint density at radius 2 is 1.67 bits per heavy atom. The summed E-state index contributed by atoms with van der Waals surface area (Å²) in [6, 6.07) is 26.6. The van der Waals surface area contributed by atoms with Gasteiger partial charge in [0, 0.05) is 22.8 Å². The zero-order chi connectivity index (χ0) is 20.9. The number of fused-ring (bicyclic) bond motifs is 1. The molecule has 2 atom stereocenters. The minimum Gasteiger partial charge on any atom is -0.361 e. The fourth-order valence-electron chi connectivity index (χ4n) is 3.85. The largest absolute Gasteiger partial charge is 0.361 e. The van der Waals surface area contributed by atoms with Gasteiger partial charge >= 0.3 is 0 Å². The first-order valence-electron chi connectivity index (χ1n) is 10.4. The number of rotatable bonds is 7. The number of aromatic amines is 1. The van der Waals surface area contributed by atoms with E-state index in [0.29, 0.717) is 0 Å². The maximum absolute atomic E-state index is 12.7. The van der Waals surface area contributed by atoms with Crippen molar-refractivity contribution in [2.75, 3.05) is 11.9 Å². The zero-order valence-corrected chi connectivity index (χ0v) is 17.4. The van der Waals surface area contributed by atoms with Crippen LogP contribution < -0.4 is 10.6 Å². The molecule has 4 N–H and O–H groups in total. The highest BCUT2D eigenvalue weighted by Gasteiger charge is 2.23. The van der Waals surface area contributed by atoms with E-state index >= 15 is 0 Å². The molecule has 0 aliphatic rings. The molecule has 0 saturated heterocycles. The molecule has 0 fully saturated rings. The molecule has 4 aromatic rings. The van der Waals surface area contributed by atoms with Gasteiger partial charge in [-0.15, -0.1) is 0 Å². The Balaban J connectivity index is 1.51. The van der Waals surface area contributed by atoms with Crippen LogP contribution in [0.1, 0.15) is 29.5 Å². The molecule has 4 nitrogen and oxygen atoms in total. The Hall–Kier alpha value is -3.37. The summed E-state index contributed by atoms with van der Waals surface area (Å²) in [5, 5.41) is 6.38. The number of hydrogen-bond acceptors (Lipinski definition) is 1. The Morgan fingerprint density at radius 1 is 0.967 bits per heavy atom. The number of hydrogen-bond donors (Lipinski definition) is 3. The quantitative estimate of drug-likeness (QED) is 0.429. The van der Waals surface area contributed by atoms with Crippen LogP contribution in [0.2, 0.25) is 0 Å². The summed E-state index contributed by atoms with van der Waals surface area (Å²) in [6.07, 6.45) is 2.10. The molecular formula is C26H28N3O+. The molecule has 0 radical (unpaired) electrons. The Morgan fingerprint density at radius 3 is 2.43 bits per heavy atom. The predicted molar refractivity (Wildman–Crippen MR) is 123 cm³/mol. The maximum atomic E-state index is 12.7. The molecule has 3 aromatic carbocycles. The average molecular weight is 399 g/mol. The number of carbonyl (C=O) groups excluding carboxylic acids is 1. The van der Waals surface area contributed by atoms with Gasteiger partial charge in [0.1, 0.15) is 0 Å². The van der Waals surface area contributed by atoms with Crippen LogP contribution in [0.25, 0.3) is 10.9 Å². The van der Waals surface area contributed by atoms with Crippen molar-refractivity contribution in [1.82, 2.24) is 4.98 Å². The van der Waals surface area contributed by atoms with E-state index in [2.05, 4.69) is 64.3 Å².